The highest BCUT2D eigenvalue weighted by Gasteiger charge is 2.48. The molecule has 1 aromatic carbocycles. The van der Waals surface area contributed by atoms with Gasteiger partial charge in [-0.3, -0.25) is 0 Å². The molecule has 0 aliphatic carbocycles. The van der Waals surface area contributed by atoms with Gasteiger partial charge in [0.1, 0.15) is 5.75 Å². The Hall–Kier alpha value is -0.680. The Balaban J connectivity index is 3.16. The summed E-state index contributed by atoms with van der Waals surface area (Å²) in [4.78, 5) is -3.45. The Kier molecular flexibility index (Phi) is 2.83. The average molecular weight is 267 g/mol. The molecular weight excluding hydrogens is 258 g/mol. The molecule has 0 aliphatic heterocycles. The van der Waals surface area contributed by atoms with E-state index in [1.165, 1.54) is 18.2 Å². The maximum atomic E-state index is 12.9. The van der Waals surface area contributed by atoms with E-state index in [1.54, 1.807) is 0 Å². The van der Waals surface area contributed by atoms with Gasteiger partial charge in [-0.05, 0) is 40.5 Å². The van der Waals surface area contributed by atoms with Gasteiger partial charge in [-0.2, -0.15) is 8.78 Å². The Morgan fingerprint density at radius 3 is 2.36 bits per heavy atom. The van der Waals surface area contributed by atoms with Gasteiger partial charge in [-0.1, -0.05) is 12.1 Å². The van der Waals surface area contributed by atoms with Crippen LogP contribution in [0.1, 0.15) is 12.5 Å². The normalized spacial score (nSPS) is 16.4. The summed E-state index contributed by atoms with van der Waals surface area (Å²) in [6.45, 7) is 0.969. The number of alkyl halides is 3. The Morgan fingerprint density at radius 1 is 1.36 bits per heavy atom. The number of halogens is 3. The maximum absolute atomic E-state index is 12.9. The molecule has 14 heavy (non-hydrogen) atoms. The number of rotatable bonds is 2. The fourth-order valence-corrected chi connectivity index (χ4v) is 1.20. The van der Waals surface area contributed by atoms with Crippen LogP contribution < -0.4 is 0 Å². The summed E-state index contributed by atoms with van der Waals surface area (Å²) in [7, 11) is 0. The highest BCUT2D eigenvalue weighted by atomic mass is 79.9. The van der Waals surface area contributed by atoms with E-state index in [2.05, 4.69) is 15.9 Å². The van der Waals surface area contributed by atoms with Crippen LogP contribution in [0.2, 0.25) is 0 Å². The number of phenolic OH excluding ortho intramolecular Hbond substituents is 1. The average Bonchev–Trinajstić information content (AvgIpc) is 2.02. The number of phenols is 1. The molecule has 0 radical (unpaired) electrons. The van der Waals surface area contributed by atoms with Crippen molar-refractivity contribution >= 4 is 15.9 Å². The molecular formula is C9H9BrF2O2. The second-order valence-electron chi connectivity index (χ2n) is 3.12. The van der Waals surface area contributed by atoms with Crippen molar-refractivity contribution in [1.82, 2.24) is 0 Å². The van der Waals surface area contributed by atoms with Crippen LogP contribution in [0.5, 0.6) is 5.75 Å². The highest BCUT2D eigenvalue weighted by molar-refractivity contribution is 9.10. The summed E-state index contributed by atoms with van der Waals surface area (Å²) in [5.74, 6) is -0.167. The van der Waals surface area contributed by atoms with Crippen molar-refractivity contribution in [3.8, 4) is 5.75 Å². The van der Waals surface area contributed by atoms with E-state index < -0.39 is 10.4 Å². The number of aliphatic hydroxyl groups is 1. The van der Waals surface area contributed by atoms with Crippen molar-refractivity contribution < 1.29 is 19.0 Å². The summed E-state index contributed by atoms with van der Waals surface area (Å²) in [5, 5.41) is 18.6. The van der Waals surface area contributed by atoms with Crippen molar-refractivity contribution in [3.63, 3.8) is 0 Å². The molecule has 1 aromatic rings. The molecule has 1 rings (SSSR count). The van der Waals surface area contributed by atoms with Gasteiger partial charge in [0.2, 0.25) is 0 Å². The van der Waals surface area contributed by atoms with Gasteiger partial charge in [-0.25, -0.2) is 0 Å². The van der Waals surface area contributed by atoms with Gasteiger partial charge in [0, 0.05) is 0 Å². The largest absolute Gasteiger partial charge is 0.508 e. The van der Waals surface area contributed by atoms with E-state index in [9.17, 15) is 13.9 Å². The van der Waals surface area contributed by atoms with Gasteiger partial charge < -0.3 is 10.2 Å². The third-order valence-corrected chi connectivity index (χ3v) is 2.73. The molecule has 1 unspecified atom stereocenters. The van der Waals surface area contributed by atoms with E-state index >= 15 is 0 Å². The molecule has 78 valence electrons. The van der Waals surface area contributed by atoms with Crippen molar-refractivity contribution in [2.45, 2.75) is 17.4 Å². The SMILES string of the molecule is CC(O)(c1cccc(O)c1)C(F)(F)Br. The first-order chi connectivity index (χ1) is 6.25. The van der Waals surface area contributed by atoms with Crippen LogP contribution in [0.3, 0.4) is 0 Å². The highest BCUT2D eigenvalue weighted by Crippen LogP contribution is 2.42. The van der Waals surface area contributed by atoms with Crippen LogP contribution in [0.25, 0.3) is 0 Å². The lowest BCUT2D eigenvalue weighted by Gasteiger charge is -2.28. The maximum Gasteiger partial charge on any atom is 0.333 e. The van der Waals surface area contributed by atoms with Crippen LogP contribution in [0.15, 0.2) is 24.3 Å². The van der Waals surface area contributed by atoms with Crippen LogP contribution in [0.4, 0.5) is 8.78 Å². The summed E-state index contributed by atoms with van der Waals surface area (Å²) in [5.41, 5.74) is -2.41. The van der Waals surface area contributed by atoms with Crippen LogP contribution in [-0.4, -0.2) is 15.0 Å². The summed E-state index contributed by atoms with van der Waals surface area (Å²) in [6, 6.07) is 5.13. The van der Waals surface area contributed by atoms with Gasteiger partial charge in [0.05, 0.1) is 0 Å². The standard InChI is InChI=1S/C9H9BrF2O2/c1-8(14,9(10,11)12)6-3-2-4-7(13)5-6/h2-5,13-14H,1H3. The van der Waals surface area contributed by atoms with Crippen molar-refractivity contribution in [1.29, 1.82) is 0 Å². The molecule has 0 aliphatic rings. The number of hydrogen-bond donors (Lipinski definition) is 2. The second-order valence-corrected chi connectivity index (χ2v) is 4.12. The number of aromatic hydroxyl groups is 1. The Bertz CT molecular complexity index is 334. The van der Waals surface area contributed by atoms with Gasteiger partial charge in [0.15, 0.2) is 5.60 Å². The molecule has 0 heterocycles. The van der Waals surface area contributed by atoms with Crippen LogP contribution in [0, 0.1) is 0 Å². The molecule has 0 aromatic heterocycles. The Morgan fingerprint density at radius 2 is 1.93 bits per heavy atom. The first-order valence-electron chi connectivity index (χ1n) is 3.84. The van der Waals surface area contributed by atoms with Gasteiger partial charge in [0.25, 0.3) is 0 Å². The minimum Gasteiger partial charge on any atom is -0.508 e. The summed E-state index contributed by atoms with van der Waals surface area (Å²) < 4.78 is 25.8. The molecule has 1 atom stereocenters. The van der Waals surface area contributed by atoms with E-state index in [0.29, 0.717) is 0 Å². The second kappa shape index (κ2) is 3.47. The number of hydrogen-bond acceptors (Lipinski definition) is 2. The molecule has 0 saturated carbocycles. The first kappa shape index (κ1) is 11.4. The molecule has 0 amide bonds. The molecule has 2 N–H and O–H groups in total. The summed E-state index contributed by atoms with van der Waals surface area (Å²) in [6.07, 6.45) is 0. The zero-order chi connectivity index (χ0) is 11.0. The molecule has 0 fully saturated rings. The fraction of sp³-hybridized carbons (Fsp3) is 0.333. The van der Waals surface area contributed by atoms with E-state index in [-0.39, 0.29) is 11.3 Å². The van der Waals surface area contributed by atoms with Crippen LogP contribution >= 0.6 is 15.9 Å². The first-order valence-corrected chi connectivity index (χ1v) is 4.63. The van der Waals surface area contributed by atoms with Crippen molar-refractivity contribution in [3.05, 3.63) is 29.8 Å². The lowest BCUT2D eigenvalue weighted by Crippen LogP contribution is -2.37. The van der Waals surface area contributed by atoms with Gasteiger partial charge >= 0.3 is 4.83 Å². The monoisotopic (exact) mass is 266 g/mol. The zero-order valence-electron chi connectivity index (χ0n) is 7.34. The van der Waals surface area contributed by atoms with Gasteiger partial charge in [-0.15, -0.1) is 0 Å². The third kappa shape index (κ3) is 2.04. The van der Waals surface area contributed by atoms with E-state index in [0.717, 1.165) is 13.0 Å². The molecule has 0 saturated heterocycles. The van der Waals surface area contributed by atoms with Crippen molar-refractivity contribution in [2.24, 2.45) is 0 Å². The predicted molar refractivity (Wildman–Crippen MR) is 51.6 cm³/mol. The summed E-state index contributed by atoms with van der Waals surface area (Å²) >= 11 is 2.10. The minimum atomic E-state index is -3.45. The molecule has 0 spiro atoms. The fourth-order valence-electron chi connectivity index (χ4n) is 0.972. The van der Waals surface area contributed by atoms with E-state index in [4.69, 9.17) is 5.11 Å². The minimum absolute atomic E-state index is 0.0561. The smallest absolute Gasteiger partial charge is 0.333 e. The molecule has 5 heteroatoms. The third-order valence-electron chi connectivity index (χ3n) is 1.96. The zero-order valence-corrected chi connectivity index (χ0v) is 8.92. The predicted octanol–water partition coefficient (Wildman–Crippen LogP) is 2.59. The quantitative estimate of drug-likeness (QED) is 0.808. The lowest BCUT2D eigenvalue weighted by molar-refractivity contribution is -0.109. The van der Waals surface area contributed by atoms with Crippen LogP contribution in [-0.2, 0) is 5.60 Å². The number of benzene rings is 1. The molecule has 0 bridgehead atoms. The Labute approximate surface area is 88.3 Å². The van der Waals surface area contributed by atoms with E-state index in [1.807, 2.05) is 0 Å². The topological polar surface area (TPSA) is 40.5 Å². The molecule has 2 nitrogen and oxygen atoms in total. The van der Waals surface area contributed by atoms with Crippen molar-refractivity contribution in [2.75, 3.05) is 0 Å². The lowest BCUT2D eigenvalue weighted by atomic mass is 9.96.